The number of nitrogens with zero attached hydrogens (tertiary/aromatic N) is 4. The Hall–Kier alpha value is -3.78. The molecule has 29 heavy (non-hydrogen) atoms. The van der Waals surface area contributed by atoms with Gasteiger partial charge >= 0.3 is 0 Å². The minimum absolute atomic E-state index is 0.119. The van der Waals surface area contributed by atoms with E-state index < -0.39 is 0 Å². The number of hydrogen-bond donors (Lipinski definition) is 0. The molecule has 0 atom stereocenters. The number of benzene rings is 2. The van der Waals surface area contributed by atoms with E-state index in [4.69, 9.17) is 8.83 Å². The van der Waals surface area contributed by atoms with E-state index in [1.807, 2.05) is 41.7 Å². The highest BCUT2D eigenvalue weighted by molar-refractivity contribution is 7.23. The van der Waals surface area contributed by atoms with Crippen LogP contribution in [0.25, 0.3) is 49.2 Å². The first-order valence-electron chi connectivity index (χ1n) is 8.92. The molecule has 2 aromatic carbocycles. The first-order chi connectivity index (χ1) is 14.2. The maximum absolute atomic E-state index is 12.8. The van der Waals surface area contributed by atoms with Crippen molar-refractivity contribution in [2.75, 3.05) is 0 Å². The van der Waals surface area contributed by atoms with Crippen LogP contribution in [0.5, 0.6) is 0 Å². The van der Waals surface area contributed by atoms with Gasteiger partial charge in [-0.05, 0) is 31.2 Å². The molecule has 0 unspecified atom stereocenters. The Morgan fingerprint density at radius 2 is 1.79 bits per heavy atom. The smallest absolute Gasteiger partial charge is 0.266 e. The summed E-state index contributed by atoms with van der Waals surface area (Å²) in [4.78, 5) is 18.3. The molecule has 0 amide bonds. The second kappa shape index (κ2) is 5.86. The van der Waals surface area contributed by atoms with Crippen LogP contribution in [-0.4, -0.2) is 19.6 Å². The lowest BCUT2D eigenvalue weighted by molar-refractivity contribution is 0.568. The van der Waals surface area contributed by atoms with Gasteiger partial charge in [-0.1, -0.05) is 35.6 Å². The zero-order valence-corrected chi connectivity index (χ0v) is 15.9. The van der Waals surface area contributed by atoms with Crippen molar-refractivity contribution in [1.82, 2.24) is 19.6 Å². The van der Waals surface area contributed by atoms with E-state index in [9.17, 15) is 4.79 Å². The molecule has 140 valence electrons. The van der Waals surface area contributed by atoms with E-state index in [-0.39, 0.29) is 16.9 Å². The van der Waals surface area contributed by atoms with Crippen molar-refractivity contribution in [3.63, 3.8) is 0 Å². The molecule has 4 aromatic heterocycles. The van der Waals surface area contributed by atoms with Crippen LogP contribution < -0.4 is 5.43 Å². The van der Waals surface area contributed by atoms with Crippen LogP contribution >= 0.6 is 11.3 Å². The van der Waals surface area contributed by atoms with Crippen molar-refractivity contribution in [3.8, 4) is 23.0 Å². The van der Waals surface area contributed by atoms with Gasteiger partial charge in [-0.15, -0.1) is 10.2 Å². The number of fused-ring (bicyclic) bond motifs is 4. The average molecular weight is 400 g/mol. The van der Waals surface area contributed by atoms with Gasteiger partial charge in [-0.25, -0.2) is 4.98 Å². The third-order valence-electron chi connectivity index (χ3n) is 4.87. The van der Waals surface area contributed by atoms with Crippen LogP contribution in [0, 0.1) is 6.92 Å². The largest absolute Gasteiger partial charge is 0.463 e. The van der Waals surface area contributed by atoms with Crippen molar-refractivity contribution >= 4 is 37.5 Å². The normalized spacial score (nSPS) is 11.8. The number of thiazole rings is 1. The third-order valence-corrected chi connectivity index (χ3v) is 5.89. The van der Waals surface area contributed by atoms with Crippen LogP contribution in [0.3, 0.4) is 0 Å². The topological polar surface area (TPSA) is 86.4 Å². The molecule has 0 bridgehead atoms. The Labute approximate surface area is 166 Å². The van der Waals surface area contributed by atoms with Crippen LogP contribution in [0.2, 0.25) is 0 Å². The highest BCUT2D eigenvalue weighted by Gasteiger charge is 2.22. The molecule has 8 heteroatoms. The summed E-state index contributed by atoms with van der Waals surface area (Å²) in [6.45, 7) is 1.90. The predicted octanol–water partition coefficient (Wildman–Crippen LogP) is 4.68. The molecule has 6 rings (SSSR count). The van der Waals surface area contributed by atoms with Crippen LogP contribution in [0.1, 0.15) is 5.69 Å². The summed E-state index contributed by atoms with van der Waals surface area (Å²) < 4.78 is 14.6. The number of imidazole rings is 1. The number of hydrogen-bond acceptors (Lipinski definition) is 7. The summed E-state index contributed by atoms with van der Waals surface area (Å²) in [5.41, 5.74) is 3.06. The zero-order valence-electron chi connectivity index (χ0n) is 15.1. The van der Waals surface area contributed by atoms with Crippen molar-refractivity contribution < 1.29 is 8.83 Å². The Morgan fingerprint density at radius 1 is 1.00 bits per heavy atom. The Kier molecular flexibility index (Phi) is 3.27. The van der Waals surface area contributed by atoms with Crippen LogP contribution in [0.15, 0.2) is 68.4 Å². The highest BCUT2D eigenvalue weighted by atomic mass is 32.1. The van der Waals surface area contributed by atoms with Crippen molar-refractivity contribution in [3.05, 3.63) is 70.7 Å². The quantitative estimate of drug-likeness (QED) is 0.419. The standard InChI is InChI=1S/C21H12N4O3S/c1-11-17(25-14-7-3-5-9-16(14)29-21(25)22-11)20-24-23-19(28-20)13-10-27-15-8-4-2-6-12(15)18(13)26/h2-10H,1H3. The highest BCUT2D eigenvalue weighted by Crippen LogP contribution is 2.34. The molecule has 0 aliphatic heterocycles. The lowest BCUT2D eigenvalue weighted by atomic mass is 10.2. The van der Waals surface area contributed by atoms with Gasteiger partial charge in [0.1, 0.15) is 23.1 Å². The van der Waals surface area contributed by atoms with Gasteiger partial charge < -0.3 is 8.83 Å². The molecule has 0 saturated carbocycles. The van der Waals surface area contributed by atoms with Gasteiger partial charge in [0.15, 0.2) is 4.96 Å². The first-order valence-corrected chi connectivity index (χ1v) is 9.74. The summed E-state index contributed by atoms with van der Waals surface area (Å²) in [7, 11) is 0. The molecular formula is C21H12N4O3S. The lowest BCUT2D eigenvalue weighted by Gasteiger charge is -1.99. The monoisotopic (exact) mass is 400 g/mol. The predicted molar refractivity (Wildman–Crippen MR) is 110 cm³/mol. The molecule has 0 aliphatic rings. The molecule has 4 heterocycles. The fourth-order valence-electron chi connectivity index (χ4n) is 3.53. The lowest BCUT2D eigenvalue weighted by Crippen LogP contribution is -2.04. The van der Waals surface area contributed by atoms with E-state index in [0.29, 0.717) is 16.9 Å². The SMILES string of the molecule is Cc1nc2sc3ccccc3n2c1-c1nnc(-c2coc3ccccc3c2=O)o1. The number of aromatic nitrogens is 4. The number of rotatable bonds is 2. The molecule has 0 fully saturated rings. The van der Waals surface area contributed by atoms with E-state index >= 15 is 0 Å². The van der Waals surface area contributed by atoms with Gasteiger partial charge in [-0.3, -0.25) is 9.20 Å². The maximum atomic E-state index is 12.8. The van der Waals surface area contributed by atoms with Gasteiger partial charge in [0.05, 0.1) is 21.3 Å². The van der Waals surface area contributed by atoms with E-state index in [1.54, 1.807) is 29.5 Å². The zero-order chi connectivity index (χ0) is 19.5. The maximum Gasteiger partial charge on any atom is 0.266 e. The number of para-hydroxylation sites is 2. The first kappa shape index (κ1) is 16.2. The summed E-state index contributed by atoms with van der Waals surface area (Å²) in [6.07, 6.45) is 1.36. The van der Waals surface area contributed by atoms with Crippen LogP contribution in [-0.2, 0) is 0 Å². The second-order valence-electron chi connectivity index (χ2n) is 6.62. The summed E-state index contributed by atoms with van der Waals surface area (Å²) >= 11 is 1.60. The second-order valence-corrected chi connectivity index (χ2v) is 7.63. The summed E-state index contributed by atoms with van der Waals surface area (Å²) in [5.74, 6) is 0.425. The molecular weight excluding hydrogens is 388 g/mol. The van der Waals surface area contributed by atoms with E-state index in [0.717, 1.165) is 26.6 Å². The Balaban J connectivity index is 1.56. The van der Waals surface area contributed by atoms with Crippen molar-refractivity contribution in [2.24, 2.45) is 0 Å². The van der Waals surface area contributed by atoms with Crippen molar-refractivity contribution in [2.45, 2.75) is 6.92 Å². The Bertz CT molecular complexity index is 1610. The molecule has 0 aliphatic carbocycles. The molecule has 0 spiro atoms. The van der Waals surface area contributed by atoms with Gasteiger partial charge in [0.25, 0.3) is 11.8 Å². The van der Waals surface area contributed by atoms with Gasteiger partial charge in [0.2, 0.25) is 5.43 Å². The molecule has 0 N–H and O–H groups in total. The van der Waals surface area contributed by atoms with Gasteiger partial charge in [-0.2, -0.15) is 0 Å². The van der Waals surface area contributed by atoms with Gasteiger partial charge in [0, 0.05) is 0 Å². The number of aryl methyl sites for hydroxylation is 1. The molecule has 6 aromatic rings. The summed E-state index contributed by atoms with van der Waals surface area (Å²) in [5, 5.41) is 8.78. The minimum atomic E-state index is -0.210. The molecule has 0 radical (unpaired) electrons. The molecule has 7 nitrogen and oxygen atoms in total. The average Bonchev–Trinajstić information content (AvgIpc) is 3.42. The Morgan fingerprint density at radius 3 is 2.72 bits per heavy atom. The van der Waals surface area contributed by atoms with E-state index in [2.05, 4.69) is 15.2 Å². The summed E-state index contributed by atoms with van der Waals surface area (Å²) in [6, 6.07) is 15.1. The van der Waals surface area contributed by atoms with Crippen molar-refractivity contribution in [1.29, 1.82) is 0 Å². The molecule has 0 saturated heterocycles. The van der Waals surface area contributed by atoms with E-state index in [1.165, 1.54) is 6.26 Å². The van der Waals surface area contributed by atoms with Crippen LogP contribution in [0.4, 0.5) is 0 Å². The minimum Gasteiger partial charge on any atom is -0.463 e. The third kappa shape index (κ3) is 2.29. The fourth-order valence-corrected chi connectivity index (χ4v) is 4.60. The fraction of sp³-hybridized carbons (Fsp3) is 0.0476.